The lowest BCUT2D eigenvalue weighted by Gasteiger charge is -2.25. The number of hydrogen-bond acceptors (Lipinski definition) is 4. The summed E-state index contributed by atoms with van der Waals surface area (Å²) in [5.74, 6) is 1.85. The highest BCUT2D eigenvalue weighted by atomic mass is 16.5. The van der Waals surface area contributed by atoms with Crippen LogP contribution < -0.4 is 4.74 Å². The van der Waals surface area contributed by atoms with Crippen molar-refractivity contribution < 1.29 is 9.53 Å². The molecule has 5 heteroatoms. The van der Waals surface area contributed by atoms with Crippen LogP contribution in [0.15, 0.2) is 79.1 Å². The number of ether oxygens (including phenoxy) is 1. The van der Waals surface area contributed by atoms with Crippen molar-refractivity contribution in [2.45, 2.75) is 38.2 Å². The Morgan fingerprint density at radius 1 is 1.03 bits per heavy atom. The van der Waals surface area contributed by atoms with E-state index in [0.29, 0.717) is 24.8 Å². The standard InChI is InChI=1S/C29H25N3O2/c30-19-21-11-9-20(10-12-21)17-25-23-7-4-8-26(33)24(23)13-14-27(25)34-28(18-29-31-15-16-32-29)22-5-2-1-3-6-22/h1-3,5-6,9-16,28H,4,7-8,17-18H2,(H,31,32)/t28-/m0/s1. The summed E-state index contributed by atoms with van der Waals surface area (Å²) in [7, 11) is 0. The van der Waals surface area contributed by atoms with Crippen LogP contribution in [0.5, 0.6) is 5.75 Å². The molecule has 0 saturated heterocycles. The minimum Gasteiger partial charge on any atom is -0.485 e. The molecule has 1 aliphatic carbocycles. The van der Waals surface area contributed by atoms with E-state index < -0.39 is 0 Å². The smallest absolute Gasteiger partial charge is 0.163 e. The van der Waals surface area contributed by atoms with Gasteiger partial charge in [0.1, 0.15) is 17.7 Å². The van der Waals surface area contributed by atoms with Gasteiger partial charge in [-0.15, -0.1) is 0 Å². The normalized spacial score (nSPS) is 13.7. The van der Waals surface area contributed by atoms with Crippen LogP contribution in [-0.4, -0.2) is 15.8 Å². The lowest BCUT2D eigenvalue weighted by molar-refractivity contribution is 0.0972. The van der Waals surface area contributed by atoms with Crippen molar-refractivity contribution in [3.05, 3.63) is 118 Å². The molecule has 168 valence electrons. The number of hydrogen-bond donors (Lipinski definition) is 1. The number of nitriles is 1. The molecule has 0 spiro atoms. The summed E-state index contributed by atoms with van der Waals surface area (Å²) in [5.41, 5.74) is 5.73. The van der Waals surface area contributed by atoms with Crippen molar-refractivity contribution in [1.29, 1.82) is 5.26 Å². The summed E-state index contributed by atoms with van der Waals surface area (Å²) >= 11 is 0. The van der Waals surface area contributed by atoms with Crippen LogP contribution in [0.2, 0.25) is 0 Å². The van der Waals surface area contributed by atoms with Gasteiger partial charge in [-0.05, 0) is 53.8 Å². The molecule has 34 heavy (non-hydrogen) atoms. The molecule has 3 aromatic carbocycles. The number of nitrogens with zero attached hydrogens (tertiary/aromatic N) is 2. The highest BCUT2D eigenvalue weighted by Crippen LogP contribution is 2.36. The highest BCUT2D eigenvalue weighted by Gasteiger charge is 2.25. The first-order valence-electron chi connectivity index (χ1n) is 11.6. The van der Waals surface area contributed by atoms with E-state index >= 15 is 0 Å². The van der Waals surface area contributed by atoms with E-state index in [0.717, 1.165) is 52.2 Å². The van der Waals surface area contributed by atoms with E-state index in [4.69, 9.17) is 10.00 Å². The van der Waals surface area contributed by atoms with Crippen molar-refractivity contribution in [3.8, 4) is 11.8 Å². The van der Waals surface area contributed by atoms with Gasteiger partial charge in [-0.3, -0.25) is 4.79 Å². The second-order valence-corrected chi connectivity index (χ2v) is 8.59. The summed E-state index contributed by atoms with van der Waals surface area (Å²) in [5, 5.41) is 9.15. The van der Waals surface area contributed by atoms with Gasteiger partial charge in [-0.25, -0.2) is 4.98 Å². The van der Waals surface area contributed by atoms with E-state index in [-0.39, 0.29) is 11.9 Å². The van der Waals surface area contributed by atoms with Crippen LogP contribution in [0.3, 0.4) is 0 Å². The molecule has 0 fully saturated rings. The Balaban J connectivity index is 1.55. The molecule has 0 radical (unpaired) electrons. The van der Waals surface area contributed by atoms with Gasteiger partial charge in [-0.2, -0.15) is 5.26 Å². The number of nitrogens with one attached hydrogen (secondary N) is 1. The van der Waals surface area contributed by atoms with E-state index in [1.807, 2.05) is 60.8 Å². The molecule has 0 saturated carbocycles. The molecule has 5 rings (SSSR count). The zero-order valence-corrected chi connectivity index (χ0v) is 18.8. The zero-order valence-electron chi connectivity index (χ0n) is 18.8. The first-order chi connectivity index (χ1) is 16.7. The molecule has 1 atom stereocenters. The van der Waals surface area contributed by atoms with Crippen LogP contribution >= 0.6 is 0 Å². The van der Waals surface area contributed by atoms with E-state index in [1.165, 1.54) is 0 Å². The lowest BCUT2D eigenvalue weighted by Crippen LogP contribution is -2.17. The van der Waals surface area contributed by atoms with E-state index in [9.17, 15) is 4.79 Å². The number of ketones is 1. The Bertz CT molecular complexity index is 1320. The number of aromatic amines is 1. The molecule has 0 bridgehead atoms. The second kappa shape index (κ2) is 9.76. The van der Waals surface area contributed by atoms with Gasteiger partial charge in [0, 0.05) is 42.8 Å². The van der Waals surface area contributed by atoms with Gasteiger partial charge in [-0.1, -0.05) is 42.5 Å². The number of imidazole rings is 1. The Morgan fingerprint density at radius 2 is 1.85 bits per heavy atom. The number of carbonyl (C=O) groups excluding carboxylic acids is 1. The zero-order chi connectivity index (χ0) is 23.3. The van der Waals surface area contributed by atoms with Crippen molar-refractivity contribution in [1.82, 2.24) is 9.97 Å². The van der Waals surface area contributed by atoms with Crippen LogP contribution in [0, 0.1) is 11.3 Å². The van der Waals surface area contributed by atoms with E-state index in [2.05, 4.69) is 28.2 Å². The first kappa shape index (κ1) is 21.7. The minimum absolute atomic E-state index is 0.198. The summed E-state index contributed by atoms with van der Waals surface area (Å²) in [6.45, 7) is 0. The third-order valence-electron chi connectivity index (χ3n) is 6.36. The average Bonchev–Trinajstić information content (AvgIpc) is 3.39. The number of benzene rings is 3. The minimum atomic E-state index is -0.232. The van der Waals surface area contributed by atoms with Crippen LogP contribution in [0.4, 0.5) is 0 Å². The molecule has 5 nitrogen and oxygen atoms in total. The summed E-state index contributed by atoms with van der Waals surface area (Å²) in [6, 6.07) is 23.8. The third kappa shape index (κ3) is 4.62. The monoisotopic (exact) mass is 447 g/mol. The topological polar surface area (TPSA) is 78.8 Å². The molecule has 1 aromatic heterocycles. The number of aromatic nitrogens is 2. The predicted octanol–water partition coefficient (Wildman–Crippen LogP) is 5.75. The fourth-order valence-corrected chi connectivity index (χ4v) is 4.62. The molecule has 4 aromatic rings. The fraction of sp³-hybridized carbons (Fsp3) is 0.207. The van der Waals surface area contributed by atoms with Gasteiger partial charge in [0.2, 0.25) is 0 Å². The average molecular weight is 448 g/mol. The van der Waals surface area contributed by atoms with Crippen molar-refractivity contribution in [2.75, 3.05) is 0 Å². The Kier molecular flexibility index (Phi) is 6.22. The van der Waals surface area contributed by atoms with Crippen molar-refractivity contribution >= 4 is 5.78 Å². The Labute approximate surface area is 199 Å². The van der Waals surface area contributed by atoms with Crippen LogP contribution in [0.1, 0.15) is 62.9 Å². The molecular formula is C29H25N3O2. The maximum atomic E-state index is 12.7. The Hall–Kier alpha value is -4.17. The molecule has 0 aliphatic heterocycles. The summed E-state index contributed by atoms with van der Waals surface area (Å²) in [4.78, 5) is 20.2. The molecule has 1 heterocycles. The molecular weight excluding hydrogens is 422 g/mol. The predicted molar refractivity (Wildman–Crippen MR) is 130 cm³/mol. The van der Waals surface area contributed by atoms with Crippen LogP contribution in [0.25, 0.3) is 0 Å². The quantitative estimate of drug-likeness (QED) is 0.391. The highest BCUT2D eigenvalue weighted by molar-refractivity contribution is 5.99. The third-order valence-corrected chi connectivity index (χ3v) is 6.36. The van der Waals surface area contributed by atoms with E-state index in [1.54, 1.807) is 6.20 Å². The molecule has 0 unspecified atom stereocenters. The first-order valence-corrected chi connectivity index (χ1v) is 11.6. The van der Waals surface area contributed by atoms with Crippen LogP contribution in [-0.2, 0) is 19.3 Å². The van der Waals surface area contributed by atoms with Gasteiger partial charge in [0.15, 0.2) is 5.78 Å². The van der Waals surface area contributed by atoms with Gasteiger partial charge >= 0.3 is 0 Å². The number of carbonyl (C=O) groups is 1. The number of rotatable bonds is 7. The molecule has 1 aliphatic rings. The fourth-order valence-electron chi connectivity index (χ4n) is 4.62. The van der Waals surface area contributed by atoms with Gasteiger partial charge in [0.25, 0.3) is 0 Å². The maximum absolute atomic E-state index is 12.7. The van der Waals surface area contributed by atoms with Crippen molar-refractivity contribution in [3.63, 3.8) is 0 Å². The summed E-state index contributed by atoms with van der Waals surface area (Å²) in [6.07, 6.45) is 6.88. The lowest BCUT2D eigenvalue weighted by atomic mass is 9.85. The van der Waals surface area contributed by atoms with Gasteiger partial charge in [0.05, 0.1) is 11.6 Å². The largest absolute Gasteiger partial charge is 0.485 e. The molecule has 0 amide bonds. The number of fused-ring (bicyclic) bond motifs is 1. The van der Waals surface area contributed by atoms with Crippen molar-refractivity contribution in [2.24, 2.45) is 0 Å². The maximum Gasteiger partial charge on any atom is 0.163 e. The Morgan fingerprint density at radius 3 is 2.59 bits per heavy atom. The van der Waals surface area contributed by atoms with Gasteiger partial charge < -0.3 is 9.72 Å². The second-order valence-electron chi connectivity index (χ2n) is 8.59. The SMILES string of the molecule is N#Cc1ccc(Cc2c(O[C@@H](Cc3ncc[nH]3)c3ccccc3)ccc3c2CCCC3=O)cc1. The molecule has 1 N–H and O–H groups in total. The summed E-state index contributed by atoms with van der Waals surface area (Å²) < 4.78 is 6.70. The number of H-pyrrole nitrogens is 1. The number of Topliss-reactive ketones (excluding diaryl/α,β-unsaturated/α-hetero) is 1.